The first-order valence-electron chi connectivity index (χ1n) is 5.76. The van der Waals surface area contributed by atoms with Crippen LogP contribution in [0.1, 0.15) is 5.56 Å². The maximum Gasteiger partial charge on any atom is 0.416 e. The summed E-state index contributed by atoms with van der Waals surface area (Å²) in [5, 5.41) is 5.15. The van der Waals surface area contributed by atoms with Crippen molar-refractivity contribution in [2.45, 2.75) is 6.18 Å². The fourth-order valence-corrected chi connectivity index (χ4v) is 2.12. The van der Waals surface area contributed by atoms with Gasteiger partial charge in [-0.3, -0.25) is 0 Å². The van der Waals surface area contributed by atoms with Crippen molar-refractivity contribution in [2.75, 3.05) is 0 Å². The van der Waals surface area contributed by atoms with Crippen LogP contribution in [0, 0.1) is 0 Å². The first-order valence-corrected chi connectivity index (χ1v) is 6.14. The number of hydrogen-bond acceptors (Lipinski definition) is 1. The Labute approximate surface area is 117 Å². The summed E-state index contributed by atoms with van der Waals surface area (Å²) in [5.41, 5.74) is 0.671. The van der Waals surface area contributed by atoms with E-state index in [0.717, 1.165) is 17.8 Å². The van der Waals surface area contributed by atoms with Crippen LogP contribution in [0.4, 0.5) is 13.2 Å². The summed E-state index contributed by atoms with van der Waals surface area (Å²) >= 11 is 5.81. The maximum atomic E-state index is 12.6. The lowest BCUT2D eigenvalue weighted by Crippen LogP contribution is -2.04. The van der Waals surface area contributed by atoms with Crippen LogP contribution in [0.25, 0.3) is 16.6 Å². The van der Waals surface area contributed by atoms with Gasteiger partial charge in [-0.15, -0.1) is 0 Å². The van der Waals surface area contributed by atoms with Crippen molar-refractivity contribution in [3.63, 3.8) is 0 Å². The van der Waals surface area contributed by atoms with E-state index in [-0.39, 0.29) is 0 Å². The Morgan fingerprint density at radius 2 is 1.70 bits per heavy atom. The molecule has 6 heteroatoms. The predicted molar refractivity (Wildman–Crippen MR) is 71.1 cm³/mol. The molecule has 0 amide bonds. The molecule has 0 spiro atoms. The van der Waals surface area contributed by atoms with Crippen molar-refractivity contribution in [1.29, 1.82) is 0 Å². The lowest BCUT2D eigenvalue weighted by atomic mass is 10.1. The van der Waals surface area contributed by atoms with E-state index in [9.17, 15) is 13.2 Å². The molecule has 0 aliphatic carbocycles. The molecule has 0 aliphatic rings. The van der Waals surface area contributed by atoms with Gasteiger partial charge in [-0.1, -0.05) is 11.6 Å². The molecule has 0 fully saturated rings. The largest absolute Gasteiger partial charge is 0.416 e. The van der Waals surface area contributed by atoms with Crippen LogP contribution in [0.15, 0.2) is 48.7 Å². The lowest BCUT2D eigenvalue weighted by molar-refractivity contribution is -0.137. The number of rotatable bonds is 1. The predicted octanol–water partition coefficient (Wildman–Crippen LogP) is 4.70. The summed E-state index contributed by atoms with van der Waals surface area (Å²) in [6.07, 6.45) is -2.93. The summed E-state index contributed by atoms with van der Waals surface area (Å²) in [6.45, 7) is 0. The maximum absolute atomic E-state index is 12.6. The smallest absolute Gasteiger partial charge is 0.233 e. The molecule has 0 N–H and O–H groups in total. The van der Waals surface area contributed by atoms with E-state index < -0.39 is 11.7 Å². The molecule has 102 valence electrons. The van der Waals surface area contributed by atoms with E-state index in [1.165, 1.54) is 12.3 Å². The van der Waals surface area contributed by atoms with Gasteiger partial charge in [0.05, 0.1) is 23.0 Å². The highest BCUT2D eigenvalue weighted by Gasteiger charge is 2.30. The second-order valence-electron chi connectivity index (χ2n) is 4.30. The van der Waals surface area contributed by atoms with Crippen LogP contribution in [-0.4, -0.2) is 9.78 Å². The van der Waals surface area contributed by atoms with Crippen LogP contribution in [0.2, 0.25) is 5.02 Å². The molecule has 2 aromatic carbocycles. The van der Waals surface area contributed by atoms with E-state index in [4.69, 9.17) is 11.6 Å². The fraction of sp³-hybridized carbons (Fsp3) is 0.0714. The van der Waals surface area contributed by atoms with E-state index in [2.05, 4.69) is 5.10 Å². The van der Waals surface area contributed by atoms with Crippen molar-refractivity contribution in [3.8, 4) is 5.69 Å². The summed E-state index contributed by atoms with van der Waals surface area (Å²) in [7, 11) is 0. The minimum Gasteiger partial charge on any atom is -0.233 e. The van der Waals surface area contributed by atoms with Gasteiger partial charge in [-0.25, -0.2) is 4.68 Å². The second-order valence-corrected chi connectivity index (χ2v) is 4.74. The van der Waals surface area contributed by atoms with Crippen LogP contribution in [0.5, 0.6) is 0 Å². The molecule has 1 aromatic heterocycles. The van der Waals surface area contributed by atoms with Crippen LogP contribution in [0.3, 0.4) is 0 Å². The van der Waals surface area contributed by atoms with Gasteiger partial charge in [-0.05, 0) is 42.5 Å². The number of nitrogens with zero attached hydrogens (tertiary/aromatic N) is 2. The van der Waals surface area contributed by atoms with E-state index >= 15 is 0 Å². The molecule has 0 unspecified atom stereocenters. The molecule has 1 heterocycles. The van der Waals surface area contributed by atoms with Crippen molar-refractivity contribution >= 4 is 22.5 Å². The third-order valence-electron chi connectivity index (χ3n) is 2.97. The van der Waals surface area contributed by atoms with E-state index in [1.807, 2.05) is 0 Å². The van der Waals surface area contributed by atoms with Gasteiger partial charge < -0.3 is 0 Å². The second kappa shape index (κ2) is 4.52. The van der Waals surface area contributed by atoms with Gasteiger partial charge in [0.2, 0.25) is 0 Å². The molecular weight excluding hydrogens is 289 g/mol. The van der Waals surface area contributed by atoms with Gasteiger partial charge >= 0.3 is 6.18 Å². The summed E-state index contributed by atoms with van der Waals surface area (Å²) < 4.78 is 39.5. The van der Waals surface area contributed by atoms with Crippen LogP contribution < -0.4 is 0 Å². The molecule has 0 atom stereocenters. The Morgan fingerprint density at radius 3 is 2.35 bits per heavy atom. The van der Waals surface area contributed by atoms with Gasteiger partial charge in [-0.2, -0.15) is 18.3 Å². The lowest BCUT2D eigenvalue weighted by Gasteiger charge is -2.07. The van der Waals surface area contributed by atoms with Gasteiger partial charge in [0.25, 0.3) is 0 Å². The first kappa shape index (κ1) is 13.0. The van der Waals surface area contributed by atoms with E-state index in [0.29, 0.717) is 15.9 Å². The van der Waals surface area contributed by atoms with Gasteiger partial charge in [0, 0.05) is 10.4 Å². The Bertz CT molecular complexity index is 760. The SMILES string of the molecule is FC(F)(F)c1ccc2c(cnn2-c2ccc(Cl)cc2)c1. The highest BCUT2D eigenvalue weighted by molar-refractivity contribution is 6.30. The van der Waals surface area contributed by atoms with Crippen LogP contribution in [-0.2, 0) is 6.18 Å². The molecule has 20 heavy (non-hydrogen) atoms. The summed E-state index contributed by atoms with van der Waals surface area (Å²) in [5.74, 6) is 0. The fourth-order valence-electron chi connectivity index (χ4n) is 2.00. The highest BCUT2D eigenvalue weighted by Crippen LogP contribution is 2.31. The van der Waals surface area contributed by atoms with E-state index in [1.54, 1.807) is 28.9 Å². The average Bonchev–Trinajstić information content (AvgIpc) is 2.81. The molecule has 0 radical (unpaired) electrons. The number of benzene rings is 2. The highest BCUT2D eigenvalue weighted by atomic mass is 35.5. The molecular formula is C14H8ClF3N2. The monoisotopic (exact) mass is 296 g/mol. The first-order chi connectivity index (χ1) is 9.45. The van der Waals surface area contributed by atoms with Crippen molar-refractivity contribution in [3.05, 3.63) is 59.2 Å². The Kier molecular flexibility index (Phi) is 2.94. The third-order valence-corrected chi connectivity index (χ3v) is 3.22. The molecule has 3 aromatic rings. The normalized spacial score (nSPS) is 12.0. The minimum absolute atomic E-state index is 0.440. The van der Waals surface area contributed by atoms with Crippen LogP contribution >= 0.6 is 11.6 Å². The zero-order valence-electron chi connectivity index (χ0n) is 10.0. The zero-order valence-corrected chi connectivity index (χ0v) is 10.8. The average molecular weight is 297 g/mol. The van der Waals surface area contributed by atoms with Crippen molar-refractivity contribution in [2.24, 2.45) is 0 Å². The van der Waals surface area contributed by atoms with Crippen molar-refractivity contribution in [1.82, 2.24) is 9.78 Å². The standard InChI is InChI=1S/C14H8ClF3N2/c15-11-2-4-12(5-3-11)20-13-6-1-10(14(16,17)18)7-9(13)8-19-20/h1-8H. The summed E-state index contributed by atoms with van der Waals surface area (Å²) in [6, 6.07) is 10.5. The molecule has 2 nitrogen and oxygen atoms in total. The zero-order chi connectivity index (χ0) is 14.3. The number of hydrogen-bond donors (Lipinski definition) is 0. The number of halogens is 4. The topological polar surface area (TPSA) is 17.8 Å². The molecule has 0 bridgehead atoms. The summed E-state index contributed by atoms with van der Waals surface area (Å²) in [4.78, 5) is 0. The molecule has 0 saturated heterocycles. The molecule has 0 aliphatic heterocycles. The molecule has 3 rings (SSSR count). The Balaban J connectivity index is 2.13. The van der Waals surface area contributed by atoms with Crippen molar-refractivity contribution < 1.29 is 13.2 Å². The van der Waals surface area contributed by atoms with Gasteiger partial charge in [0.1, 0.15) is 0 Å². The number of alkyl halides is 3. The quantitative estimate of drug-likeness (QED) is 0.636. The number of fused-ring (bicyclic) bond motifs is 1. The number of aromatic nitrogens is 2. The Hall–Kier alpha value is -2.01. The van der Waals surface area contributed by atoms with Gasteiger partial charge in [0.15, 0.2) is 0 Å². The Morgan fingerprint density at radius 1 is 1.00 bits per heavy atom. The minimum atomic E-state index is -4.35. The molecule has 0 saturated carbocycles. The third kappa shape index (κ3) is 2.25.